The quantitative estimate of drug-likeness (QED) is 0.209. The summed E-state index contributed by atoms with van der Waals surface area (Å²) in [6.45, 7) is 6.38. The molecule has 1 aromatic heterocycles. The summed E-state index contributed by atoms with van der Waals surface area (Å²) < 4.78 is 6.48. The van der Waals surface area contributed by atoms with E-state index in [4.69, 9.17) is 4.74 Å². The lowest BCUT2D eigenvalue weighted by Gasteiger charge is -2.38. The molecule has 5 heteroatoms. The van der Waals surface area contributed by atoms with Gasteiger partial charge in [0, 0.05) is 18.0 Å². The van der Waals surface area contributed by atoms with Crippen molar-refractivity contribution >= 4 is 11.8 Å². The number of fused-ring (bicyclic) bond motifs is 1. The summed E-state index contributed by atoms with van der Waals surface area (Å²) in [4.78, 5) is 28.5. The van der Waals surface area contributed by atoms with Crippen LogP contribution in [-0.4, -0.2) is 34.1 Å². The van der Waals surface area contributed by atoms with Crippen molar-refractivity contribution in [2.24, 2.45) is 35.5 Å². The van der Waals surface area contributed by atoms with Gasteiger partial charge in [-0.1, -0.05) is 64.0 Å². The summed E-state index contributed by atoms with van der Waals surface area (Å²) in [7, 11) is 0. The summed E-state index contributed by atoms with van der Waals surface area (Å²) >= 11 is 0. The predicted molar refractivity (Wildman–Crippen MR) is 143 cm³/mol. The molecule has 2 N–H and O–H groups in total. The number of aromatic amines is 1. The monoisotopic (exact) mass is 493 g/mol. The fourth-order valence-corrected chi connectivity index (χ4v) is 6.81. The van der Waals surface area contributed by atoms with E-state index in [0.29, 0.717) is 29.9 Å². The van der Waals surface area contributed by atoms with Crippen LogP contribution in [0.2, 0.25) is 0 Å². The summed E-state index contributed by atoms with van der Waals surface area (Å²) in [5.41, 5.74) is 1.91. The third-order valence-electron chi connectivity index (χ3n) is 8.78. The van der Waals surface area contributed by atoms with E-state index >= 15 is 0 Å². The van der Waals surface area contributed by atoms with Crippen molar-refractivity contribution in [3.8, 4) is 0 Å². The molecule has 8 unspecified atom stereocenters. The topological polar surface area (TPSA) is 79.4 Å². The molecular weight excluding hydrogens is 450 g/mol. The van der Waals surface area contributed by atoms with Crippen LogP contribution in [0.15, 0.2) is 54.3 Å². The molecule has 2 aliphatic carbocycles. The molecule has 8 atom stereocenters. The predicted octanol–water partition coefficient (Wildman–Crippen LogP) is 6.99. The molecule has 4 rings (SSSR count). The van der Waals surface area contributed by atoms with Gasteiger partial charge in [0.15, 0.2) is 5.78 Å². The van der Waals surface area contributed by atoms with E-state index in [1.54, 1.807) is 0 Å². The number of aliphatic carboxylic acids is 1. The second-order valence-corrected chi connectivity index (χ2v) is 11.1. The van der Waals surface area contributed by atoms with Gasteiger partial charge in [0.1, 0.15) is 0 Å². The molecule has 1 aromatic rings. The first kappa shape index (κ1) is 26.7. The highest BCUT2D eigenvalue weighted by Crippen LogP contribution is 2.46. The van der Waals surface area contributed by atoms with Crippen molar-refractivity contribution < 1.29 is 19.4 Å². The van der Waals surface area contributed by atoms with Crippen molar-refractivity contribution in [2.75, 3.05) is 0 Å². The van der Waals surface area contributed by atoms with Gasteiger partial charge in [0.2, 0.25) is 0 Å². The Hall–Kier alpha value is -2.40. The Bertz CT molecular complexity index is 975. The van der Waals surface area contributed by atoms with Crippen LogP contribution >= 0.6 is 0 Å². The summed E-state index contributed by atoms with van der Waals surface area (Å²) in [6.07, 6.45) is 20.2. The number of Topliss-reactive ketones (excluding diaryl/α,β-unsaturated/α-hetero) is 1. The van der Waals surface area contributed by atoms with Crippen LogP contribution in [0, 0.1) is 35.5 Å². The van der Waals surface area contributed by atoms with Crippen LogP contribution in [0.1, 0.15) is 82.6 Å². The van der Waals surface area contributed by atoms with Crippen LogP contribution < -0.4 is 0 Å². The lowest BCUT2D eigenvalue weighted by Crippen LogP contribution is -2.41. The minimum atomic E-state index is -0.746. The van der Waals surface area contributed by atoms with Gasteiger partial charge in [-0.05, 0) is 74.0 Å². The van der Waals surface area contributed by atoms with Gasteiger partial charge < -0.3 is 14.8 Å². The smallest absolute Gasteiger partial charge is 0.309 e. The molecule has 3 aliphatic rings. The van der Waals surface area contributed by atoms with E-state index in [2.05, 4.69) is 49.2 Å². The molecule has 0 amide bonds. The van der Waals surface area contributed by atoms with E-state index in [1.807, 2.05) is 25.3 Å². The average Bonchev–Trinajstić information content (AvgIpc) is 3.57. The second kappa shape index (κ2) is 12.2. The van der Waals surface area contributed by atoms with Gasteiger partial charge in [-0.15, -0.1) is 0 Å². The molecule has 0 spiro atoms. The second-order valence-electron chi connectivity index (χ2n) is 11.1. The number of H-pyrrole nitrogens is 1. The number of rotatable bonds is 10. The number of carboxylic acids is 1. The van der Waals surface area contributed by atoms with Crippen molar-refractivity contribution in [2.45, 2.75) is 84.3 Å². The minimum absolute atomic E-state index is 0.0320. The van der Waals surface area contributed by atoms with Crippen molar-refractivity contribution in [3.05, 3.63) is 60.0 Å². The summed E-state index contributed by atoms with van der Waals surface area (Å²) in [5, 5.41) is 9.75. The number of carboxylic acid groups (broad SMARTS) is 1. The maximum absolute atomic E-state index is 13.5. The molecule has 0 aromatic carbocycles. The molecule has 1 saturated carbocycles. The van der Waals surface area contributed by atoms with Crippen molar-refractivity contribution in [1.82, 2.24) is 4.98 Å². The fourth-order valence-electron chi connectivity index (χ4n) is 6.81. The summed E-state index contributed by atoms with van der Waals surface area (Å²) in [5.74, 6) is 0.354. The van der Waals surface area contributed by atoms with Gasteiger partial charge in [-0.25, -0.2) is 0 Å². The average molecular weight is 494 g/mol. The Kier molecular flexibility index (Phi) is 9.05. The zero-order valence-corrected chi connectivity index (χ0v) is 22.1. The largest absolute Gasteiger partial charge is 0.481 e. The number of aromatic nitrogens is 1. The molecule has 196 valence electrons. The highest BCUT2D eigenvalue weighted by molar-refractivity contribution is 5.97. The summed E-state index contributed by atoms with van der Waals surface area (Å²) in [6, 6.07) is 3.79. The van der Waals surface area contributed by atoms with Crippen molar-refractivity contribution in [1.29, 1.82) is 0 Å². The van der Waals surface area contributed by atoms with Crippen LogP contribution in [0.3, 0.4) is 0 Å². The maximum atomic E-state index is 13.5. The normalized spacial score (nSPS) is 33.5. The number of allylic oxidation sites excluding steroid dienone is 5. The molecule has 1 aliphatic heterocycles. The van der Waals surface area contributed by atoms with Gasteiger partial charge in [0.25, 0.3) is 0 Å². The first-order valence-corrected chi connectivity index (χ1v) is 14.1. The standard InChI is InChI=1S/C31H43NO4/c1-4-9-25(31(34)35)27-18-15-20(3)30(36-27)21(5-2)10-6-12-23-17-16-22-11-7-13-24(22)28(23)29(33)26-14-8-19-32-26/h6,8,10,12,14,16-17,19-20,22-25,27-28,30,32H,4-5,7,9,11,13,15,18H2,1-3H3,(H,34,35). The number of carbonyl (C=O) groups excluding carboxylic acids is 1. The Balaban J connectivity index is 1.52. The molecule has 2 heterocycles. The number of ketones is 1. The van der Waals surface area contributed by atoms with Crippen molar-refractivity contribution in [3.63, 3.8) is 0 Å². The highest BCUT2D eigenvalue weighted by Gasteiger charge is 2.42. The van der Waals surface area contributed by atoms with Gasteiger partial charge in [-0.3, -0.25) is 9.59 Å². The minimum Gasteiger partial charge on any atom is -0.481 e. The van der Waals surface area contributed by atoms with E-state index in [1.165, 1.54) is 18.4 Å². The lowest BCUT2D eigenvalue weighted by molar-refractivity contribution is -0.154. The molecule has 0 bridgehead atoms. The Morgan fingerprint density at radius 3 is 2.72 bits per heavy atom. The van der Waals surface area contributed by atoms with Gasteiger partial charge in [-0.2, -0.15) is 0 Å². The Labute approximate surface area is 216 Å². The molecule has 1 saturated heterocycles. The molecule has 5 nitrogen and oxygen atoms in total. The molecule has 0 radical (unpaired) electrons. The van der Waals surface area contributed by atoms with Crippen LogP contribution in [-0.2, 0) is 9.53 Å². The SMILES string of the molecule is CCCC(C(=O)O)C1CCC(C)C(C(=CC=CC2C=CC3CCCC3C2C(=O)c2ccc[nH]2)CC)O1. The molecule has 2 fully saturated rings. The third-order valence-corrected chi connectivity index (χ3v) is 8.78. The zero-order valence-electron chi connectivity index (χ0n) is 22.1. The van der Waals surface area contributed by atoms with E-state index in [9.17, 15) is 14.7 Å². The fraction of sp³-hybridized carbons (Fsp3) is 0.613. The van der Waals surface area contributed by atoms with Gasteiger partial charge in [0.05, 0.1) is 23.8 Å². The number of hydrogen-bond acceptors (Lipinski definition) is 3. The van der Waals surface area contributed by atoms with Crippen LogP contribution in [0.5, 0.6) is 0 Å². The first-order chi connectivity index (χ1) is 17.4. The number of hydrogen-bond donors (Lipinski definition) is 2. The number of ether oxygens (including phenoxy) is 1. The zero-order chi connectivity index (χ0) is 25.7. The van der Waals surface area contributed by atoms with Crippen LogP contribution in [0.25, 0.3) is 0 Å². The number of carbonyl (C=O) groups is 2. The Morgan fingerprint density at radius 2 is 2.03 bits per heavy atom. The first-order valence-electron chi connectivity index (χ1n) is 14.1. The van der Waals surface area contributed by atoms with Crippen LogP contribution in [0.4, 0.5) is 0 Å². The lowest BCUT2D eigenvalue weighted by atomic mass is 9.69. The van der Waals surface area contributed by atoms with E-state index < -0.39 is 11.9 Å². The number of nitrogens with one attached hydrogen (secondary N) is 1. The Morgan fingerprint density at radius 1 is 1.19 bits per heavy atom. The maximum Gasteiger partial charge on any atom is 0.309 e. The highest BCUT2D eigenvalue weighted by atomic mass is 16.5. The van der Waals surface area contributed by atoms with Gasteiger partial charge >= 0.3 is 5.97 Å². The third kappa shape index (κ3) is 5.77. The molecule has 36 heavy (non-hydrogen) atoms. The van der Waals surface area contributed by atoms with E-state index in [0.717, 1.165) is 32.1 Å². The van der Waals surface area contributed by atoms with E-state index in [-0.39, 0.29) is 29.8 Å². The molecular formula is C31H43NO4.